The van der Waals surface area contributed by atoms with Crippen LogP contribution in [0.1, 0.15) is 6.92 Å². The van der Waals surface area contributed by atoms with Gasteiger partial charge in [0.2, 0.25) is 0 Å². The van der Waals surface area contributed by atoms with E-state index in [-0.39, 0.29) is 27.1 Å². The molecule has 4 N–H and O–H groups in total. The van der Waals surface area contributed by atoms with Gasteiger partial charge in [0.15, 0.2) is 5.11 Å². The lowest BCUT2D eigenvalue weighted by molar-refractivity contribution is -0.386. The van der Waals surface area contributed by atoms with E-state index in [9.17, 15) is 19.5 Å². The first kappa shape index (κ1) is 22.2. The summed E-state index contributed by atoms with van der Waals surface area (Å²) in [5.41, 5.74) is 7.19. The molecular weight excluding hydrogens is 420 g/mol. The van der Waals surface area contributed by atoms with Gasteiger partial charge in [-0.05, 0) is 66.7 Å². The van der Waals surface area contributed by atoms with Crippen molar-refractivity contribution in [3.8, 4) is 0 Å². The molecule has 2 bridgehead atoms. The molecule has 1 atom stereocenters. The van der Waals surface area contributed by atoms with E-state index in [0.717, 1.165) is 18.3 Å². The number of nitrogens with two attached hydrogens (primary N) is 1. The van der Waals surface area contributed by atoms with Crippen LogP contribution in [-0.2, 0) is 15.9 Å². The summed E-state index contributed by atoms with van der Waals surface area (Å²) >= 11 is 3.21. The number of alkyl carbamates (subject to hydrolysis) is 1. The van der Waals surface area contributed by atoms with Gasteiger partial charge in [0, 0.05) is 0 Å². The SMILES string of the molecule is CC[S+]([O-])c1c(N)ccc(NC(=S)NC(=O)OC)c1[N+](=O)[O-].c1cc2ccc1o2. The summed E-state index contributed by atoms with van der Waals surface area (Å²) < 4.78 is 21.4. The molecule has 0 aliphatic carbocycles. The molecule has 2 aromatic heterocycles. The van der Waals surface area contributed by atoms with Gasteiger partial charge in [-0.15, -0.1) is 0 Å². The van der Waals surface area contributed by atoms with Crippen molar-refractivity contribution in [2.75, 3.05) is 23.9 Å². The number of thiocarbonyl (C=S) groups is 1. The average Bonchev–Trinajstić information content (AvgIpc) is 3.34. The van der Waals surface area contributed by atoms with Crippen molar-refractivity contribution in [2.24, 2.45) is 0 Å². The highest BCUT2D eigenvalue weighted by Crippen LogP contribution is 2.37. The zero-order chi connectivity index (χ0) is 21.6. The van der Waals surface area contributed by atoms with Crippen LogP contribution in [0.25, 0.3) is 11.2 Å². The van der Waals surface area contributed by atoms with Crippen molar-refractivity contribution < 1.29 is 23.4 Å². The molecule has 10 nitrogen and oxygen atoms in total. The van der Waals surface area contributed by atoms with Crippen LogP contribution in [0, 0.1) is 10.1 Å². The second kappa shape index (κ2) is 9.91. The largest absolute Gasteiger partial charge is 0.611 e. The fraction of sp³-hybridized carbons (Fsp3) is 0.176. The zero-order valence-electron chi connectivity index (χ0n) is 15.5. The first-order valence-corrected chi connectivity index (χ1v) is 9.88. The van der Waals surface area contributed by atoms with Crippen molar-refractivity contribution in [1.82, 2.24) is 5.32 Å². The Morgan fingerprint density at radius 3 is 2.28 bits per heavy atom. The number of ether oxygens (including phenoxy) is 1. The second-order valence-corrected chi connectivity index (χ2v) is 7.50. The van der Waals surface area contributed by atoms with E-state index in [1.165, 1.54) is 12.1 Å². The minimum absolute atomic E-state index is 0.0302. The second-order valence-electron chi connectivity index (χ2n) is 5.42. The van der Waals surface area contributed by atoms with Crippen LogP contribution < -0.4 is 16.4 Å². The van der Waals surface area contributed by atoms with Crippen LogP contribution in [0.5, 0.6) is 0 Å². The third-order valence-electron chi connectivity index (χ3n) is 3.54. The number of anilines is 2. The Balaban J connectivity index is 0.000000351. The average molecular weight is 438 g/mol. The summed E-state index contributed by atoms with van der Waals surface area (Å²) in [5, 5.41) is 15.7. The molecule has 3 rings (SSSR count). The number of carbonyl (C=O) groups excluding carboxylic acids is 1. The topological polar surface area (TPSA) is 156 Å². The molecule has 0 aliphatic heterocycles. The number of amides is 1. The lowest BCUT2D eigenvalue weighted by Gasteiger charge is -2.14. The van der Waals surface area contributed by atoms with Crippen LogP contribution in [-0.4, -0.2) is 33.5 Å². The van der Waals surface area contributed by atoms with Crippen LogP contribution in [0.3, 0.4) is 0 Å². The zero-order valence-corrected chi connectivity index (χ0v) is 17.1. The van der Waals surface area contributed by atoms with Gasteiger partial charge >= 0.3 is 11.8 Å². The minimum Gasteiger partial charge on any atom is -0.611 e. The third-order valence-corrected chi connectivity index (χ3v) is 5.16. The smallest absolute Gasteiger partial charge is 0.413 e. The molecule has 1 amide bonds. The Morgan fingerprint density at radius 2 is 1.86 bits per heavy atom. The predicted octanol–water partition coefficient (Wildman–Crippen LogP) is 3.23. The number of furan rings is 2. The molecule has 0 spiro atoms. The van der Waals surface area contributed by atoms with E-state index >= 15 is 0 Å². The van der Waals surface area contributed by atoms with Gasteiger partial charge < -0.3 is 24.8 Å². The highest BCUT2D eigenvalue weighted by Gasteiger charge is 2.31. The van der Waals surface area contributed by atoms with E-state index < -0.39 is 27.9 Å². The highest BCUT2D eigenvalue weighted by molar-refractivity contribution is 7.91. The number of nitrogens with one attached hydrogen (secondary N) is 2. The summed E-state index contributed by atoms with van der Waals surface area (Å²) in [7, 11) is 1.14. The first-order chi connectivity index (χ1) is 13.8. The number of fused-ring (bicyclic) bond motifs is 2. The third kappa shape index (κ3) is 5.70. The van der Waals surface area contributed by atoms with Gasteiger partial charge in [-0.25, -0.2) is 4.79 Å². The molecular formula is C17H18N4O6S2. The minimum atomic E-state index is -1.63. The van der Waals surface area contributed by atoms with Crippen molar-refractivity contribution in [3.05, 3.63) is 46.5 Å². The molecule has 2 heterocycles. The number of nitro benzene ring substituents is 1. The summed E-state index contributed by atoms with van der Waals surface area (Å²) in [6.07, 6.45) is -0.826. The number of hydrogen-bond donors (Lipinski definition) is 3. The Labute approximate surface area is 174 Å². The maximum absolute atomic E-state index is 12.0. The summed E-state index contributed by atoms with van der Waals surface area (Å²) in [6.45, 7) is 1.61. The van der Waals surface area contributed by atoms with Gasteiger partial charge in [0.25, 0.3) is 4.90 Å². The van der Waals surface area contributed by atoms with Crippen molar-refractivity contribution in [2.45, 2.75) is 11.8 Å². The van der Waals surface area contributed by atoms with E-state index in [1.54, 1.807) is 6.92 Å². The fourth-order valence-electron chi connectivity index (χ4n) is 2.26. The molecule has 29 heavy (non-hydrogen) atoms. The van der Waals surface area contributed by atoms with Crippen LogP contribution in [0.4, 0.5) is 21.9 Å². The normalized spacial score (nSPS) is 11.3. The molecule has 0 saturated carbocycles. The Hall–Kier alpha value is -3.09. The molecule has 0 radical (unpaired) electrons. The van der Waals surface area contributed by atoms with Gasteiger partial charge in [0.1, 0.15) is 22.6 Å². The summed E-state index contributed by atoms with van der Waals surface area (Å²) in [6, 6.07) is 10.5. The molecule has 0 saturated heterocycles. The van der Waals surface area contributed by atoms with E-state index in [2.05, 4.69) is 15.4 Å². The fourth-order valence-corrected chi connectivity index (χ4v) is 3.47. The molecule has 3 aromatic rings. The number of nitro groups is 1. The van der Waals surface area contributed by atoms with Crippen LogP contribution in [0.15, 0.2) is 45.7 Å². The Bertz CT molecular complexity index is 964. The van der Waals surface area contributed by atoms with Gasteiger partial charge in [-0.2, -0.15) is 0 Å². The van der Waals surface area contributed by atoms with E-state index in [1.807, 2.05) is 24.3 Å². The summed E-state index contributed by atoms with van der Waals surface area (Å²) in [5.74, 6) is 0.166. The lowest BCUT2D eigenvalue weighted by Crippen LogP contribution is -2.34. The maximum Gasteiger partial charge on any atom is 0.413 e. The lowest BCUT2D eigenvalue weighted by atomic mass is 10.2. The quantitative estimate of drug-likeness (QED) is 0.183. The standard InChI is InChI=1S/C11H14N4O5S2.C6H4O/c1-3-22(19)9-6(12)4-5-7(8(9)15(17)18)13-10(21)14-11(16)20-2;1-2-6-4-3-5(1)7-6/h4-5H,3,12H2,1-2H3,(H2,13,14,16,21);1-4H. The van der Waals surface area contributed by atoms with Gasteiger partial charge in [-0.1, -0.05) is 0 Å². The molecule has 0 aliphatic rings. The highest BCUT2D eigenvalue weighted by atomic mass is 32.2. The van der Waals surface area contributed by atoms with E-state index in [0.29, 0.717) is 0 Å². The maximum atomic E-state index is 12.0. The molecule has 1 aromatic carbocycles. The van der Waals surface area contributed by atoms with E-state index in [4.69, 9.17) is 22.4 Å². The van der Waals surface area contributed by atoms with Crippen LogP contribution in [0.2, 0.25) is 0 Å². The summed E-state index contributed by atoms with van der Waals surface area (Å²) in [4.78, 5) is 21.5. The van der Waals surface area contributed by atoms with Gasteiger partial charge in [0.05, 0.1) is 17.7 Å². The number of nitrogen functional groups attached to an aromatic ring is 1. The van der Waals surface area contributed by atoms with Crippen molar-refractivity contribution >= 4 is 62.8 Å². The number of carbonyl (C=O) groups is 1. The molecule has 1 unspecified atom stereocenters. The van der Waals surface area contributed by atoms with Gasteiger partial charge in [-0.3, -0.25) is 15.4 Å². The van der Waals surface area contributed by atoms with Crippen molar-refractivity contribution in [3.63, 3.8) is 0 Å². The first-order valence-electron chi connectivity index (χ1n) is 8.15. The molecule has 154 valence electrons. The predicted molar refractivity (Wildman–Crippen MR) is 114 cm³/mol. The molecule has 12 heteroatoms. The Kier molecular flexibility index (Phi) is 7.59. The number of benzene rings is 2. The monoisotopic (exact) mass is 438 g/mol. The Morgan fingerprint density at radius 1 is 1.28 bits per heavy atom. The van der Waals surface area contributed by atoms with Crippen molar-refractivity contribution in [1.29, 1.82) is 0 Å². The van der Waals surface area contributed by atoms with Crippen LogP contribution >= 0.6 is 12.2 Å². The number of methoxy groups -OCH3 is 1. The molecule has 0 fully saturated rings. The number of nitrogens with zero attached hydrogens (tertiary/aromatic N) is 1. The number of hydrogen-bond acceptors (Lipinski definition) is 8. The number of rotatable bonds is 4.